The van der Waals surface area contributed by atoms with E-state index in [4.69, 9.17) is 4.52 Å². The van der Waals surface area contributed by atoms with Gasteiger partial charge in [-0.25, -0.2) is 8.78 Å². The van der Waals surface area contributed by atoms with E-state index in [-0.39, 0.29) is 17.3 Å². The smallest absolute Gasteiger partial charge is 0.241 e. The van der Waals surface area contributed by atoms with Gasteiger partial charge in [0.1, 0.15) is 11.6 Å². The van der Waals surface area contributed by atoms with Gasteiger partial charge < -0.3 is 10.3 Å². The van der Waals surface area contributed by atoms with Crippen LogP contribution in [0, 0.1) is 11.6 Å². The minimum absolute atomic E-state index is 0.00449. The summed E-state index contributed by atoms with van der Waals surface area (Å²) in [6, 6.07) is 3.14. The van der Waals surface area contributed by atoms with Gasteiger partial charge in [0, 0.05) is 12.2 Å². The molecule has 1 amide bonds. The van der Waals surface area contributed by atoms with Crippen LogP contribution in [-0.2, 0) is 11.3 Å². The monoisotopic (exact) mass is 342 g/mol. The largest absolute Gasteiger partial charge is 0.370 e. The Balaban J connectivity index is 0.000000433. The van der Waals surface area contributed by atoms with Gasteiger partial charge in [0.15, 0.2) is 0 Å². The lowest BCUT2D eigenvalue weighted by Crippen LogP contribution is -2.04. The summed E-state index contributed by atoms with van der Waals surface area (Å²) in [4.78, 5) is 13.3. The van der Waals surface area contributed by atoms with Gasteiger partial charge in [0.2, 0.25) is 17.6 Å². The van der Waals surface area contributed by atoms with E-state index in [1.807, 2.05) is 0 Å². The molecule has 1 aromatic carbocycles. The zero-order valence-corrected chi connectivity index (χ0v) is 13.2. The van der Waals surface area contributed by atoms with E-state index >= 15 is 0 Å². The van der Waals surface area contributed by atoms with Crippen molar-refractivity contribution in [3.8, 4) is 11.4 Å². The molecule has 0 bridgehead atoms. The standard InChI is InChI=1S/C12H11F2N3OS.C2H5NO/c13-7-1-4-10(14)9(5-7)12-16-11(18-17-12)6-15-19-8-2-3-8;1-2(3)4/h1,4-5,8,15H,2-3,6H2;1H3,(H2,3,4). The Morgan fingerprint density at radius 3 is 2.83 bits per heavy atom. The molecule has 0 atom stereocenters. The van der Waals surface area contributed by atoms with Crippen LogP contribution in [0.5, 0.6) is 0 Å². The number of hydrogen-bond acceptors (Lipinski definition) is 6. The number of nitrogens with two attached hydrogens (primary N) is 1. The van der Waals surface area contributed by atoms with Crippen LogP contribution in [-0.4, -0.2) is 21.3 Å². The summed E-state index contributed by atoms with van der Waals surface area (Å²) in [5.41, 5.74) is 4.48. The van der Waals surface area contributed by atoms with Crippen LogP contribution in [0.1, 0.15) is 25.7 Å². The van der Waals surface area contributed by atoms with Crippen LogP contribution in [0.3, 0.4) is 0 Å². The van der Waals surface area contributed by atoms with Crippen LogP contribution in [0.25, 0.3) is 11.4 Å². The molecule has 2 aromatic rings. The van der Waals surface area contributed by atoms with Gasteiger partial charge in [-0.05, 0) is 31.0 Å². The number of benzene rings is 1. The lowest BCUT2D eigenvalue weighted by atomic mass is 10.2. The number of nitrogens with one attached hydrogen (secondary N) is 1. The summed E-state index contributed by atoms with van der Waals surface area (Å²) >= 11 is 1.64. The number of carbonyl (C=O) groups is 1. The summed E-state index contributed by atoms with van der Waals surface area (Å²) in [5.74, 6) is -1.03. The summed E-state index contributed by atoms with van der Waals surface area (Å²) in [6.07, 6.45) is 2.45. The highest BCUT2D eigenvalue weighted by Gasteiger charge is 2.22. The van der Waals surface area contributed by atoms with Gasteiger partial charge in [-0.3, -0.25) is 9.52 Å². The molecule has 0 saturated heterocycles. The molecule has 3 rings (SSSR count). The number of nitrogens with zero attached hydrogens (tertiary/aromatic N) is 2. The quantitative estimate of drug-likeness (QED) is 0.811. The zero-order chi connectivity index (χ0) is 16.8. The molecule has 23 heavy (non-hydrogen) atoms. The van der Waals surface area contributed by atoms with Crippen molar-refractivity contribution in [1.82, 2.24) is 14.9 Å². The fourth-order valence-electron chi connectivity index (χ4n) is 1.51. The molecule has 3 N–H and O–H groups in total. The van der Waals surface area contributed by atoms with E-state index in [0.717, 1.165) is 18.2 Å². The molecular formula is C14H16F2N4O2S. The Hall–Kier alpha value is -2.00. The first-order valence-corrected chi connectivity index (χ1v) is 7.76. The van der Waals surface area contributed by atoms with Crippen molar-refractivity contribution in [3.63, 3.8) is 0 Å². The lowest BCUT2D eigenvalue weighted by Gasteiger charge is -1.97. The van der Waals surface area contributed by atoms with Crippen molar-refractivity contribution in [1.29, 1.82) is 0 Å². The number of rotatable bonds is 5. The summed E-state index contributed by atoms with van der Waals surface area (Å²) in [5, 5.41) is 4.33. The maximum atomic E-state index is 13.5. The Bertz CT molecular complexity index is 673. The molecule has 0 aliphatic heterocycles. The molecular weight excluding hydrogens is 326 g/mol. The molecule has 1 aromatic heterocycles. The minimum atomic E-state index is -0.575. The highest BCUT2D eigenvalue weighted by atomic mass is 32.2. The first-order valence-electron chi connectivity index (χ1n) is 6.88. The van der Waals surface area contributed by atoms with Gasteiger partial charge >= 0.3 is 0 Å². The highest BCUT2D eigenvalue weighted by Crippen LogP contribution is 2.32. The molecule has 1 aliphatic carbocycles. The van der Waals surface area contributed by atoms with Crippen LogP contribution < -0.4 is 10.5 Å². The second-order valence-electron chi connectivity index (χ2n) is 4.88. The van der Waals surface area contributed by atoms with Crippen LogP contribution >= 0.6 is 11.9 Å². The predicted molar refractivity (Wildman–Crippen MR) is 82.0 cm³/mol. The normalized spacial score (nSPS) is 13.3. The highest BCUT2D eigenvalue weighted by molar-refractivity contribution is 7.98. The second kappa shape index (κ2) is 8.02. The molecule has 6 nitrogen and oxygen atoms in total. The maximum absolute atomic E-state index is 13.5. The number of halogens is 2. The Labute approximate surface area is 136 Å². The first kappa shape index (κ1) is 17.4. The zero-order valence-electron chi connectivity index (χ0n) is 12.4. The Kier molecular flexibility index (Phi) is 6.05. The van der Waals surface area contributed by atoms with Gasteiger partial charge in [0.25, 0.3) is 0 Å². The molecule has 1 saturated carbocycles. The van der Waals surface area contributed by atoms with Gasteiger partial charge in [-0.2, -0.15) is 4.98 Å². The van der Waals surface area contributed by atoms with Gasteiger partial charge in [-0.15, -0.1) is 0 Å². The first-order chi connectivity index (χ1) is 11.0. The van der Waals surface area contributed by atoms with E-state index in [0.29, 0.717) is 17.7 Å². The molecule has 124 valence electrons. The third-order valence-corrected chi connectivity index (χ3v) is 3.75. The summed E-state index contributed by atoms with van der Waals surface area (Å²) < 4.78 is 34.7. The van der Waals surface area contributed by atoms with E-state index in [2.05, 4.69) is 20.6 Å². The SMILES string of the molecule is CC(N)=O.Fc1ccc(F)c(-c2noc(CNSC3CC3)n2)c1. The van der Waals surface area contributed by atoms with E-state index in [1.54, 1.807) is 11.9 Å². The molecule has 1 fully saturated rings. The fraction of sp³-hybridized carbons (Fsp3) is 0.357. The number of aromatic nitrogens is 2. The fourth-order valence-corrected chi connectivity index (χ4v) is 2.33. The van der Waals surface area contributed by atoms with Crippen molar-refractivity contribution < 1.29 is 18.1 Å². The van der Waals surface area contributed by atoms with E-state index < -0.39 is 11.6 Å². The van der Waals surface area contributed by atoms with E-state index in [9.17, 15) is 13.6 Å². The predicted octanol–water partition coefficient (Wildman–Crippen LogP) is 2.41. The third-order valence-electron chi connectivity index (χ3n) is 2.64. The van der Waals surface area contributed by atoms with Gasteiger partial charge in [0.05, 0.1) is 12.1 Å². The molecule has 9 heteroatoms. The Morgan fingerprint density at radius 1 is 1.48 bits per heavy atom. The van der Waals surface area contributed by atoms with Crippen LogP contribution in [0.4, 0.5) is 8.78 Å². The lowest BCUT2D eigenvalue weighted by molar-refractivity contribution is -0.115. The molecule has 0 spiro atoms. The van der Waals surface area contributed by atoms with Crippen molar-refractivity contribution in [2.24, 2.45) is 5.73 Å². The number of hydrogen-bond donors (Lipinski definition) is 2. The molecule has 0 radical (unpaired) electrons. The average Bonchev–Trinajstić information content (AvgIpc) is 3.18. The van der Waals surface area contributed by atoms with Crippen LogP contribution in [0.15, 0.2) is 22.7 Å². The van der Waals surface area contributed by atoms with Crippen LogP contribution in [0.2, 0.25) is 0 Å². The van der Waals surface area contributed by atoms with E-state index in [1.165, 1.54) is 19.8 Å². The average molecular weight is 342 g/mol. The number of primary amides is 1. The Morgan fingerprint density at radius 2 is 2.17 bits per heavy atom. The molecule has 0 unspecified atom stereocenters. The summed E-state index contributed by atoms with van der Waals surface area (Å²) in [6.45, 7) is 1.71. The third kappa shape index (κ3) is 5.95. The topological polar surface area (TPSA) is 94.0 Å². The maximum Gasteiger partial charge on any atom is 0.241 e. The minimum Gasteiger partial charge on any atom is -0.370 e. The second-order valence-corrected chi connectivity index (χ2v) is 6.08. The van der Waals surface area contributed by atoms with Gasteiger partial charge in [-0.1, -0.05) is 17.1 Å². The summed E-state index contributed by atoms with van der Waals surface area (Å²) in [7, 11) is 0. The van der Waals surface area contributed by atoms with Crippen molar-refractivity contribution in [2.45, 2.75) is 31.6 Å². The number of carbonyl (C=O) groups excluding carboxylic acids is 1. The molecule has 1 aliphatic rings. The van der Waals surface area contributed by atoms with Crippen molar-refractivity contribution >= 4 is 17.9 Å². The van der Waals surface area contributed by atoms with Crippen molar-refractivity contribution in [3.05, 3.63) is 35.7 Å². The number of amides is 1. The van der Waals surface area contributed by atoms with Crippen molar-refractivity contribution in [2.75, 3.05) is 0 Å². The molecule has 1 heterocycles.